The Bertz CT molecular complexity index is 810. The van der Waals surface area contributed by atoms with Gasteiger partial charge in [-0.25, -0.2) is 15.0 Å². The van der Waals surface area contributed by atoms with Gasteiger partial charge in [-0.05, 0) is 36.3 Å². The molecule has 0 radical (unpaired) electrons. The maximum absolute atomic E-state index is 5.97. The van der Waals surface area contributed by atoms with E-state index in [0.717, 1.165) is 29.0 Å². The molecular formula is C16H11N3O. The molecule has 2 aromatic heterocycles. The average Bonchev–Trinajstić information content (AvgIpc) is 2.54. The van der Waals surface area contributed by atoms with Crippen LogP contribution in [0.5, 0.6) is 0 Å². The van der Waals surface area contributed by atoms with Gasteiger partial charge in [-0.15, -0.1) is 0 Å². The van der Waals surface area contributed by atoms with Gasteiger partial charge in [-0.1, -0.05) is 18.2 Å². The van der Waals surface area contributed by atoms with Gasteiger partial charge in [-0.2, -0.15) is 0 Å². The van der Waals surface area contributed by atoms with E-state index in [0.29, 0.717) is 5.65 Å². The molecule has 0 aromatic carbocycles. The Morgan fingerprint density at radius 3 is 3.00 bits per heavy atom. The lowest BCUT2D eigenvalue weighted by molar-refractivity contribution is 0.384. The van der Waals surface area contributed by atoms with Crippen LogP contribution in [0, 0.1) is 0 Å². The maximum atomic E-state index is 5.97. The first-order valence-corrected chi connectivity index (χ1v) is 6.44. The zero-order valence-corrected chi connectivity index (χ0v) is 10.7. The summed E-state index contributed by atoms with van der Waals surface area (Å²) in [7, 11) is 0. The van der Waals surface area contributed by atoms with Crippen LogP contribution in [-0.4, -0.2) is 15.0 Å². The number of fused-ring (bicyclic) bond motifs is 2. The smallest absolute Gasteiger partial charge is 0.163 e. The first-order chi connectivity index (χ1) is 9.92. The molecular weight excluding hydrogens is 250 g/mol. The van der Waals surface area contributed by atoms with Gasteiger partial charge >= 0.3 is 0 Å². The van der Waals surface area contributed by atoms with Gasteiger partial charge in [0.15, 0.2) is 11.4 Å². The molecule has 0 saturated carbocycles. The molecule has 0 bridgehead atoms. The normalized spacial score (nSPS) is 16.9. The largest absolute Gasteiger partial charge is 0.455 e. The molecule has 2 aliphatic rings. The van der Waals surface area contributed by atoms with Crippen LogP contribution in [0.1, 0.15) is 12.1 Å². The van der Waals surface area contributed by atoms with E-state index >= 15 is 0 Å². The first kappa shape index (κ1) is 11.1. The second-order valence-corrected chi connectivity index (χ2v) is 4.58. The van der Waals surface area contributed by atoms with Crippen LogP contribution in [0.2, 0.25) is 0 Å². The highest BCUT2D eigenvalue weighted by Gasteiger charge is 2.18. The Kier molecular flexibility index (Phi) is 2.45. The Labute approximate surface area is 115 Å². The lowest BCUT2D eigenvalue weighted by Gasteiger charge is -2.20. The van der Waals surface area contributed by atoms with Gasteiger partial charge in [0.2, 0.25) is 0 Å². The predicted octanol–water partition coefficient (Wildman–Crippen LogP) is 3.17. The monoisotopic (exact) mass is 261 g/mol. The number of rotatable bonds is 1. The molecule has 0 N–H and O–H groups in total. The summed E-state index contributed by atoms with van der Waals surface area (Å²) in [4.78, 5) is 12.8. The van der Waals surface area contributed by atoms with Crippen LogP contribution in [-0.2, 0) is 4.74 Å². The van der Waals surface area contributed by atoms with Crippen molar-refractivity contribution in [1.29, 1.82) is 0 Å². The van der Waals surface area contributed by atoms with E-state index in [1.54, 1.807) is 6.20 Å². The van der Waals surface area contributed by atoms with Crippen molar-refractivity contribution >= 4 is 16.8 Å². The fraction of sp³-hybridized carbons (Fsp3) is 0.0625. The molecule has 3 heterocycles. The number of pyridine rings is 1. The van der Waals surface area contributed by atoms with Crippen LogP contribution in [0.25, 0.3) is 16.8 Å². The van der Waals surface area contributed by atoms with Gasteiger partial charge in [0.25, 0.3) is 0 Å². The van der Waals surface area contributed by atoms with Gasteiger partial charge in [0.1, 0.15) is 17.8 Å². The van der Waals surface area contributed by atoms with Crippen molar-refractivity contribution in [2.75, 3.05) is 0 Å². The van der Waals surface area contributed by atoms with Crippen molar-refractivity contribution < 1.29 is 4.74 Å². The molecule has 2 aromatic rings. The molecule has 20 heavy (non-hydrogen) atoms. The van der Waals surface area contributed by atoms with E-state index < -0.39 is 0 Å². The van der Waals surface area contributed by atoms with Gasteiger partial charge in [0.05, 0.1) is 0 Å². The molecule has 0 amide bonds. The molecule has 4 nitrogen and oxygen atoms in total. The second-order valence-electron chi connectivity index (χ2n) is 4.58. The Morgan fingerprint density at radius 2 is 2.00 bits per heavy atom. The molecule has 96 valence electrons. The molecule has 4 rings (SSSR count). The zero-order chi connectivity index (χ0) is 13.4. The Hall–Kier alpha value is -2.75. The zero-order valence-electron chi connectivity index (χ0n) is 10.7. The summed E-state index contributed by atoms with van der Waals surface area (Å²) in [5.41, 5.74) is 2.64. The second kappa shape index (κ2) is 4.42. The fourth-order valence-corrected chi connectivity index (χ4v) is 2.36. The van der Waals surface area contributed by atoms with E-state index in [4.69, 9.17) is 4.74 Å². The predicted molar refractivity (Wildman–Crippen MR) is 76.3 cm³/mol. The molecule has 0 spiro atoms. The fourth-order valence-electron chi connectivity index (χ4n) is 2.36. The first-order valence-electron chi connectivity index (χ1n) is 6.44. The minimum absolute atomic E-state index is 0.675. The minimum atomic E-state index is 0.675. The third-order valence-corrected chi connectivity index (χ3v) is 3.34. The van der Waals surface area contributed by atoms with Crippen LogP contribution in [0.3, 0.4) is 0 Å². The lowest BCUT2D eigenvalue weighted by atomic mass is 10.0. The summed E-state index contributed by atoms with van der Waals surface area (Å²) >= 11 is 0. The number of hydrogen-bond acceptors (Lipinski definition) is 4. The highest BCUT2D eigenvalue weighted by molar-refractivity contribution is 5.86. The molecule has 0 fully saturated rings. The van der Waals surface area contributed by atoms with E-state index in [2.05, 4.69) is 27.1 Å². The summed E-state index contributed by atoms with van der Waals surface area (Å²) < 4.78 is 5.97. The number of ether oxygens (including phenoxy) is 1. The van der Waals surface area contributed by atoms with Crippen molar-refractivity contribution in [2.24, 2.45) is 0 Å². The summed E-state index contributed by atoms with van der Waals surface area (Å²) in [5.74, 6) is 1.62. The third kappa shape index (κ3) is 1.73. The van der Waals surface area contributed by atoms with Gasteiger partial charge < -0.3 is 4.74 Å². The van der Waals surface area contributed by atoms with Gasteiger partial charge in [-0.3, -0.25) is 0 Å². The van der Waals surface area contributed by atoms with E-state index in [9.17, 15) is 0 Å². The number of allylic oxidation sites excluding steroid dienone is 6. The van der Waals surface area contributed by atoms with E-state index in [-0.39, 0.29) is 0 Å². The summed E-state index contributed by atoms with van der Waals surface area (Å²) in [6.07, 6.45) is 14.3. The lowest BCUT2D eigenvalue weighted by Crippen LogP contribution is -2.05. The molecule has 0 unspecified atom stereocenters. The average molecular weight is 261 g/mol. The van der Waals surface area contributed by atoms with Crippen LogP contribution in [0.4, 0.5) is 0 Å². The van der Waals surface area contributed by atoms with Crippen molar-refractivity contribution in [2.45, 2.75) is 6.42 Å². The van der Waals surface area contributed by atoms with Crippen molar-refractivity contribution in [1.82, 2.24) is 15.0 Å². The quantitative estimate of drug-likeness (QED) is 0.791. The van der Waals surface area contributed by atoms with Crippen LogP contribution < -0.4 is 0 Å². The minimum Gasteiger partial charge on any atom is -0.455 e. The highest BCUT2D eigenvalue weighted by atomic mass is 16.5. The van der Waals surface area contributed by atoms with Crippen molar-refractivity contribution in [3.05, 3.63) is 72.1 Å². The van der Waals surface area contributed by atoms with Crippen molar-refractivity contribution in [3.8, 4) is 0 Å². The molecule has 4 heteroatoms. The number of hydrogen-bond donors (Lipinski definition) is 0. The Morgan fingerprint density at radius 1 is 1.00 bits per heavy atom. The van der Waals surface area contributed by atoms with E-state index in [1.807, 2.05) is 30.4 Å². The highest BCUT2D eigenvalue weighted by Crippen LogP contribution is 2.32. The Balaban J connectivity index is 1.85. The molecule has 0 atom stereocenters. The molecule has 1 aliphatic heterocycles. The van der Waals surface area contributed by atoms with Crippen LogP contribution in [0.15, 0.2) is 66.4 Å². The summed E-state index contributed by atoms with van der Waals surface area (Å²) in [6.45, 7) is 0. The van der Waals surface area contributed by atoms with E-state index in [1.165, 1.54) is 11.9 Å². The van der Waals surface area contributed by atoms with Crippen LogP contribution >= 0.6 is 0 Å². The standard InChI is InChI=1S/C16H11N3O/c1-2-6-13-11(4-1)7-8-14(20-13)15-12-5-3-9-17-16(12)19-10-18-15/h1-3,5-10H,4H2. The number of nitrogens with zero attached hydrogens (tertiary/aromatic N) is 3. The van der Waals surface area contributed by atoms with Crippen molar-refractivity contribution in [3.63, 3.8) is 0 Å². The summed E-state index contributed by atoms with van der Waals surface area (Å²) in [6, 6.07) is 3.83. The SMILES string of the molecule is C1=CCC2=CC=C(c3ncnc4ncccc34)OC2=C1. The van der Waals surface area contributed by atoms with Gasteiger partial charge in [0, 0.05) is 11.6 Å². The third-order valence-electron chi connectivity index (χ3n) is 3.34. The molecule has 0 saturated heterocycles. The topological polar surface area (TPSA) is 47.9 Å². The summed E-state index contributed by atoms with van der Waals surface area (Å²) in [5, 5.41) is 0.894. The maximum Gasteiger partial charge on any atom is 0.163 e. The number of aromatic nitrogens is 3. The molecule has 1 aliphatic carbocycles.